The summed E-state index contributed by atoms with van der Waals surface area (Å²) in [5.41, 5.74) is 10.5. The highest BCUT2D eigenvalue weighted by Crippen LogP contribution is 2.44. The number of hydrogen-bond acceptors (Lipinski definition) is 3. The van der Waals surface area contributed by atoms with Crippen LogP contribution in [0.25, 0.3) is 0 Å². The summed E-state index contributed by atoms with van der Waals surface area (Å²) in [5.74, 6) is -0.608. The summed E-state index contributed by atoms with van der Waals surface area (Å²) in [6, 6.07) is 15.8. The molecular formula is C26H24FN5O2. The van der Waals surface area contributed by atoms with Crippen LogP contribution in [0.5, 0.6) is 0 Å². The SMILES string of the molecule is N#Cc1c(C(N)=O)c2n(c1C1CC1)CCN(C(=O)Nc1ccc(Cc3ccc(F)cc3)cc1)C2. The minimum absolute atomic E-state index is 0.216. The third-order valence-electron chi connectivity index (χ3n) is 6.48. The van der Waals surface area contributed by atoms with E-state index in [1.165, 1.54) is 12.1 Å². The van der Waals surface area contributed by atoms with Gasteiger partial charge in [0.2, 0.25) is 0 Å². The molecule has 0 radical (unpaired) electrons. The molecule has 5 rings (SSSR count). The predicted octanol–water partition coefficient (Wildman–Crippen LogP) is 4.11. The quantitative estimate of drug-likeness (QED) is 0.602. The first-order chi connectivity index (χ1) is 16.4. The number of primary amides is 1. The Bertz CT molecular complexity index is 1300. The van der Waals surface area contributed by atoms with Gasteiger partial charge in [-0.25, -0.2) is 9.18 Å². The van der Waals surface area contributed by atoms with Gasteiger partial charge in [-0.15, -0.1) is 0 Å². The van der Waals surface area contributed by atoms with E-state index in [9.17, 15) is 19.2 Å². The average molecular weight is 458 g/mol. The molecule has 172 valence electrons. The summed E-state index contributed by atoms with van der Waals surface area (Å²) in [4.78, 5) is 26.8. The monoisotopic (exact) mass is 457 g/mol. The first kappa shape index (κ1) is 21.7. The van der Waals surface area contributed by atoms with Crippen LogP contribution in [0.1, 0.15) is 57.2 Å². The van der Waals surface area contributed by atoms with Gasteiger partial charge >= 0.3 is 6.03 Å². The molecule has 0 spiro atoms. The fourth-order valence-electron chi connectivity index (χ4n) is 4.67. The third kappa shape index (κ3) is 4.13. The van der Waals surface area contributed by atoms with Gasteiger partial charge in [-0.05, 0) is 54.7 Å². The van der Waals surface area contributed by atoms with E-state index in [0.29, 0.717) is 36.5 Å². The number of carbonyl (C=O) groups is 2. The number of nitrogens with one attached hydrogen (secondary N) is 1. The van der Waals surface area contributed by atoms with Crippen molar-refractivity contribution in [2.45, 2.75) is 38.3 Å². The Morgan fingerprint density at radius 3 is 2.29 bits per heavy atom. The summed E-state index contributed by atoms with van der Waals surface area (Å²) in [6.45, 7) is 1.21. The van der Waals surface area contributed by atoms with Crippen LogP contribution in [-0.2, 0) is 19.5 Å². The highest BCUT2D eigenvalue weighted by molar-refractivity contribution is 5.98. The molecule has 1 aromatic heterocycles. The molecule has 1 saturated carbocycles. The van der Waals surface area contributed by atoms with Crippen LogP contribution in [-0.4, -0.2) is 28.0 Å². The molecule has 8 heteroatoms. The minimum atomic E-state index is -0.633. The highest BCUT2D eigenvalue weighted by Gasteiger charge is 2.37. The van der Waals surface area contributed by atoms with Crippen LogP contribution >= 0.6 is 0 Å². The molecule has 2 heterocycles. The van der Waals surface area contributed by atoms with Gasteiger partial charge in [0.05, 0.1) is 23.4 Å². The molecule has 2 aliphatic rings. The Balaban J connectivity index is 1.29. The molecule has 2 aromatic carbocycles. The zero-order valence-corrected chi connectivity index (χ0v) is 18.6. The van der Waals surface area contributed by atoms with E-state index < -0.39 is 5.91 Å². The number of fused-ring (bicyclic) bond motifs is 1. The predicted molar refractivity (Wildman–Crippen MR) is 125 cm³/mol. The van der Waals surface area contributed by atoms with Gasteiger partial charge in [0.25, 0.3) is 5.91 Å². The number of rotatable bonds is 5. The van der Waals surface area contributed by atoms with Gasteiger partial charge in [0, 0.05) is 30.4 Å². The van der Waals surface area contributed by atoms with Crippen molar-refractivity contribution in [3.8, 4) is 6.07 Å². The Labute approximate surface area is 196 Å². The maximum atomic E-state index is 13.1. The lowest BCUT2D eigenvalue weighted by atomic mass is 10.0. The molecule has 0 saturated heterocycles. The van der Waals surface area contributed by atoms with Crippen LogP contribution in [0.3, 0.4) is 0 Å². The van der Waals surface area contributed by atoms with E-state index >= 15 is 0 Å². The number of nitriles is 1. The van der Waals surface area contributed by atoms with E-state index in [2.05, 4.69) is 11.4 Å². The zero-order chi connectivity index (χ0) is 23.8. The number of nitrogens with zero attached hydrogens (tertiary/aromatic N) is 3. The molecule has 3 aromatic rings. The summed E-state index contributed by atoms with van der Waals surface area (Å²) in [5, 5.41) is 12.6. The van der Waals surface area contributed by atoms with Crippen molar-refractivity contribution >= 4 is 17.6 Å². The van der Waals surface area contributed by atoms with Crippen LogP contribution in [0.2, 0.25) is 0 Å². The Hall–Kier alpha value is -4.12. The largest absolute Gasteiger partial charge is 0.366 e. The molecule has 0 unspecified atom stereocenters. The lowest BCUT2D eigenvalue weighted by Crippen LogP contribution is -2.41. The molecule has 0 bridgehead atoms. The number of benzene rings is 2. The fraction of sp³-hybridized carbons (Fsp3) is 0.269. The smallest absolute Gasteiger partial charge is 0.322 e. The van der Waals surface area contributed by atoms with Crippen molar-refractivity contribution in [2.24, 2.45) is 5.73 Å². The van der Waals surface area contributed by atoms with E-state index in [4.69, 9.17) is 5.73 Å². The van der Waals surface area contributed by atoms with E-state index in [0.717, 1.165) is 29.7 Å². The van der Waals surface area contributed by atoms with Gasteiger partial charge in [0.1, 0.15) is 11.9 Å². The van der Waals surface area contributed by atoms with Crippen molar-refractivity contribution in [2.75, 3.05) is 11.9 Å². The number of urea groups is 1. The molecule has 34 heavy (non-hydrogen) atoms. The second-order valence-electron chi connectivity index (χ2n) is 8.84. The van der Waals surface area contributed by atoms with Crippen LogP contribution in [0.15, 0.2) is 48.5 Å². The Morgan fingerprint density at radius 2 is 1.71 bits per heavy atom. The second-order valence-corrected chi connectivity index (χ2v) is 8.84. The number of nitrogens with two attached hydrogens (primary N) is 1. The number of aromatic nitrogens is 1. The molecular weight excluding hydrogens is 433 g/mol. The first-order valence-corrected chi connectivity index (χ1v) is 11.3. The fourth-order valence-corrected chi connectivity index (χ4v) is 4.67. The normalized spacial score (nSPS) is 14.9. The molecule has 1 aliphatic heterocycles. The van der Waals surface area contributed by atoms with Crippen molar-refractivity contribution < 1.29 is 14.0 Å². The highest BCUT2D eigenvalue weighted by atomic mass is 19.1. The van der Waals surface area contributed by atoms with Gasteiger partial charge in [0.15, 0.2) is 0 Å². The molecule has 1 fully saturated rings. The lowest BCUT2D eigenvalue weighted by Gasteiger charge is -2.30. The Kier molecular flexibility index (Phi) is 5.54. The van der Waals surface area contributed by atoms with Gasteiger partial charge in [-0.2, -0.15) is 5.26 Å². The zero-order valence-electron chi connectivity index (χ0n) is 18.6. The lowest BCUT2D eigenvalue weighted by molar-refractivity contribution is 0.0997. The Morgan fingerprint density at radius 1 is 1.06 bits per heavy atom. The standard InChI is InChI=1S/C26H24FN5O2/c27-19-7-1-16(2-8-19)13-17-3-9-20(10-4-17)30-26(34)31-11-12-32-22(15-31)23(25(29)33)21(14-28)24(32)18-5-6-18/h1-4,7-10,18H,5-6,11-13,15H2,(H2,29,33)(H,30,34). The first-order valence-electron chi connectivity index (χ1n) is 11.3. The van der Waals surface area contributed by atoms with Crippen molar-refractivity contribution in [3.05, 3.63) is 88.0 Å². The summed E-state index contributed by atoms with van der Waals surface area (Å²) < 4.78 is 15.1. The molecule has 7 nitrogen and oxygen atoms in total. The van der Waals surface area contributed by atoms with E-state index in [-0.39, 0.29) is 29.9 Å². The van der Waals surface area contributed by atoms with Crippen LogP contribution < -0.4 is 11.1 Å². The van der Waals surface area contributed by atoms with Gasteiger partial charge in [-0.3, -0.25) is 4.79 Å². The topological polar surface area (TPSA) is 104 Å². The number of carbonyl (C=O) groups excluding carboxylic acids is 2. The number of halogens is 1. The molecule has 0 atom stereocenters. The van der Waals surface area contributed by atoms with E-state index in [1.54, 1.807) is 17.0 Å². The molecule has 1 aliphatic carbocycles. The van der Waals surface area contributed by atoms with E-state index in [1.807, 2.05) is 28.8 Å². The maximum Gasteiger partial charge on any atom is 0.322 e. The van der Waals surface area contributed by atoms with Crippen LogP contribution in [0, 0.1) is 17.1 Å². The summed E-state index contributed by atoms with van der Waals surface area (Å²) in [7, 11) is 0. The van der Waals surface area contributed by atoms with Crippen molar-refractivity contribution in [3.63, 3.8) is 0 Å². The van der Waals surface area contributed by atoms with Crippen molar-refractivity contribution in [1.82, 2.24) is 9.47 Å². The van der Waals surface area contributed by atoms with Crippen LogP contribution in [0.4, 0.5) is 14.9 Å². The van der Waals surface area contributed by atoms with Crippen molar-refractivity contribution in [1.29, 1.82) is 5.26 Å². The van der Waals surface area contributed by atoms with Gasteiger partial charge in [-0.1, -0.05) is 24.3 Å². The number of hydrogen-bond donors (Lipinski definition) is 2. The maximum absolute atomic E-state index is 13.1. The third-order valence-corrected chi connectivity index (χ3v) is 6.48. The molecule has 3 N–H and O–H groups in total. The number of amides is 3. The van der Waals surface area contributed by atoms with Gasteiger partial charge < -0.3 is 20.5 Å². The minimum Gasteiger partial charge on any atom is -0.366 e. The second kappa shape index (κ2) is 8.67. The summed E-state index contributed by atoms with van der Waals surface area (Å²) in [6.07, 6.45) is 2.66. The summed E-state index contributed by atoms with van der Waals surface area (Å²) >= 11 is 0. The average Bonchev–Trinajstić information content (AvgIpc) is 3.61. The number of anilines is 1. The molecule has 3 amide bonds.